The van der Waals surface area contributed by atoms with E-state index in [4.69, 9.17) is 25.1 Å². The number of aliphatic hydroxyl groups excluding tert-OH is 3. The summed E-state index contributed by atoms with van der Waals surface area (Å²) in [5.74, 6) is -2.54. The molecule has 0 bridgehead atoms. The molecular formula is C17H23BN2O10. The molecular weight excluding hydrogens is 403 g/mol. The average Bonchev–Trinajstić information content (AvgIpc) is 2.68. The summed E-state index contributed by atoms with van der Waals surface area (Å²) in [7, 11) is 1.24. The highest BCUT2D eigenvalue weighted by Gasteiger charge is 2.48. The van der Waals surface area contributed by atoms with E-state index in [0.717, 1.165) is 0 Å². The number of nitrogens with one attached hydrogen (secondary N) is 1. The first kappa shape index (κ1) is 23.6. The fourth-order valence-electron chi connectivity index (χ4n) is 2.67. The lowest BCUT2D eigenvalue weighted by Crippen LogP contribution is -2.61. The van der Waals surface area contributed by atoms with Gasteiger partial charge in [0.1, 0.15) is 30.7 Å². The van der Waals surface area contributed by atoms with Crippen LogP contribution in [0.4, 0.5) is 10.5 Å². The van der Waals surface area contributed by atoms with Crippen LogP contribution in [0.3, 0.4) is 0 Å². The Labute approximate surface area is 171 Å². The molecule has 1 heterocycles. The van der Waals surface area contributed by atoms with Crippen molar-refractivity contribution in [1.82, 2.24) is 0 Å². The van der Waals surface area contributed by atoms with E-state index >= 15 is 0 Å². The van der Waals surface area contributed by atoms with Crippen molar-refractivity contribution in [2.45, 2.75) is 43.7 Å². The maximum Gasteiger partial charge on any atom is 0.335 e. The van der Waals surface area contributed by atoms with Gasteiger partial charge in [-0.1, -0.05) is 6.07 Å². The number of carboxylic acid groups (broad SMARTS) is 1. The number of anilines is 1. The number of benzene rings is 1. The van der Waals surface area contributed by atoms with Crippen molar-refractivity contribution in [2.24, 2.45) is 5.73 Å². The van der Waals surface area contributed by atoms with Crippen LogP contribution in [0.2, 0.25) is 0 Å². The van der Waals surface area contributed by atoms with E-state index in [2.05, 4.69) is 5.32 Å². The molecule has 164 valence electrons. The van der Waals surface area contributed by atoms with Crippen molar-refractivity contribution in [2.75, 3.05) is 11.9 Å². The zero-order valence-corrected chi connectivity index (χ0v) is 16.1. The van der Waals surface area contributed by atoms with Crippen molar-refractivity contribution < 1.29 is 49.0 Å². The van der Waals surface area contributed by atoms with E-state index in [0.29, 0.717) is 5.56 Å². The Kier molecular flexibility index (Phi) is 8.14. The van der Waals surface area contributed by atoms with Gasteiger partial charge in [-0.3, -0.25) is 9.59 Å². The predicted molar refractivity (Wildman–Crippen MR) is 102 cm³/mol. The molecule has 5 atom stereocenters. The summed E-state index contributed by atoms with van der Waals surface area (Å²) in [5, 5.41) is 41.4. The number of carbonyl (C=O) groups excluding carboxylic acids is 2. The second-order valence-electron chi connectivity index (χ2n) is 6.55. The monoisotopic (exact) mass is 426 g/mol. The normalized spacial score (nSPS) is 25.9. The van der Waals surface area contributed by atoms with Crippen molar-refractivity contribution in [1.29, 1.82) is 0 Å². The van der Waals surface area contributed by atoms with Gasteiger partial charge in [-0.2, -0.15) is 0 Å². The summed E-state index contributed by atoms with van der Waals surface area (Å²) >= 11 is 0. The number of aliphatic hydroxyl groups is 3. The number of amides is 1. The predicted octanol–water partition coefficient (Wildman–Crippen LogP) is -2.49. The number of hydrogen-bond donors (Lipinski definition) is 6. The number of carboxylic acids is 1. The number of aliphatic carboxylic acids is 1. The molecule has 0 saturated carbocycles. The maximum absolute atomic E-state index is 12.0. The van der Waals surface area contributed by atoms with E-state index in [9.17, 15) is 29.7 Å². The van der Waals surface area contributed by atoms with E-state index in [1.165, 1.54) is 26.0 Å². The van der Waals surface area contributed by atoms with Crippen molar-refractivity contribution >= 4 is 31.3 Å². The Balaban J connectivity index is 2.28. The molecule has 2 rings (SSSR count). The van der Waals surface area contributed by atoms with Crippen molar-refractivity contribution in [3.8, 4) is 5.75 Å². The highest BCUT2D eigenvalue weighted by molar-refractivity contribution is 6.55. The minimum Gasteiger partial charge on any atom is -0.479 e. The number of carbonyl (C=O) groups is 3. The van der Waals surface area contributed by atoms with Crippen LogP contribution in [0.1, 0.15) is 12.0 Å². The average molecular weight is 426 g/mol. The summed E-state index contributed by atoms with van der Waals surface area (Å²) < 4.78 is 15.5. The van der Waals surface area contributed by atoms with Crippen LogP contribution in [0, 0.1) is 0 Å². The third-order valence-corrected chi connectivity index (χ3v) is 4.19. The lowest BCUT2D eigenvalue weighted by molar-refractivity contribution is -0.271. The largest absolute Gasteiger partial charge is 0.479 e. The van der Waals surface area contributed by atoms with Crippen LogP contribution in [0.25, 0.3) is 0 Å². The molecule has 0 aliphatic carbocycles. The lowest BCUT2D eigenvalue weighted by atomic mass is 9.99. The van der Waals surface area contributed by atoms with Crippen molar-refractivity contribution in [3.05, 3.63) is 23.8 Å². The van der Waals surface area contributed by atoms with Gasteiger partial charge in [-0.15, -0.1) is 0 Å². The van der Waals surface area contributed by atoms with E-state index < -0.39 is 48.5 Å². The summed E-state index contributed by atoms with van der Waals surface area (Å²) in [6.45, 7) is 0.00784. The van der Waals surface area contributed by atoms with Crippen LogP contribution in [-0.4, -0.2) is 83.3 Å². The minimum atomic E-state index is -1.87. The first-order valence-corrected chi connectivity index (χ1v) is 8.99. The number of rotatable bonds is 8. The minimum absolute atomic E-state index is 0.00214. The quantitative estimate of drug-likeness (QED) is 0.241. The molecule has 1 aliphatic rings. The van der Waals surface area contributed by atoms with E-state index in [1.807, 2.05) is 0 Å². The summed E-state index contributed by atoms with van der Waals surface area (Å²) in [5.41, 5.74) is 5.98. The number of ether oxygens (including phenoxy) is 3. The summed E-state index contributed by atoms with van der Waals surface area (Å²) in [4.78, 5) is 34.2. The maximum atomic E-state index is 12.0. The van der Waals surface area contributed by atoms with E-state index in [-0.39, 0.29) is 31.0 Å². The van der Waals surface area contributed by atoms with Crippen LogP contribution in [0.15, 0.2) is 18.2 Å². The van der Waals surface area contributed by atoms with Crippen molar-refractivity contribution in [3.63, 3.8) is 0 Å². The Morgan fingerprint density at radius 3 is 2.47 bits per heavy atom. The molecule has 7 N–H and O–H groups in total. The zero-order chi connectivity index (χ0) is 22.4. The zero-order valence-electron chi connectivity index (χ0n) is 16.1. The lowest BCUT2D eigenvalue weighted by Gasteiger charge is -2.38. The van der Waals surface area contributed by atoms with Gasteiger partial charge in [0.15, 0.2) is 6.10 Å². The van der Waals surface area contributed by atoms with Gasteiger partial charge in [-0.05, 0) is 17.7 Å². The molecule has 1 saturated heterocycles. The van der Waals surface area contributed by atoms with Gasteiger partial charge in [0.2, 0.25) is 25.9 Å². The van der Waals surface area contributed by atoms with Crippen LogP contribution in [0.5, 0.6) is 5.75 Å². The standard InChI is InChI=1S/C17H23BN2O10/c18-17(27)28-6-7-1-2-9(8(5-7)20-10(21)3-4-19)29-16-13(24)11(22)12(23)14(30-16)15(25)26/h1-2,5,11-14,16,22-24H,3-4,6,18-19H2,(H,20,21)(H,25,26). The van der Waals surface area contributed by atoms with Gasteiger partial charge in [0, 0.05) is 13.0 Å². The highest BCUT2D eigenvalue weighted by Crippen LogP contribution is 2.31. The molecule has 1 aromatic carbocycles. The second kappa shape index (κ2) is 10.4. The topological polar surface area (TPSA) is 198 Å². The van der Waals surface area contributed by atoms with Crippen LogP contribution >= 0.6 is 0 Å². The molecule has 1 aliphatic heterocycles. The third kappa shape index (κ3) is 5.90. The third-order valence-electron chi connectivity index (χ3n) is 4.19. The first-order valence-electron chi connectivity index (χ1n) is 8.99. The molecule has 0 spiro atoms. The fraction of sp³-hybridized carbons (Fsp3) is 0.471. The molecule has 1 fully saturated rings. The molecule has 0 aromatic heterocycles. The van der Waals surface area contributed by atoms with Gasteiger partial charge >= 0.3 is 5.97 Å². The molecule has 12 nitrogen and oxygen atoms in total. The van der Waals surface area contributed by atoms with Gasteiger partial charge < -0.3 is 45.7 Å². The van der Waals surface area contributed by atoms with Gasteiger partial charge in [0.05, 0.1) is 5.69 Å². The second-order valence-corrected chi connectivity index (χ2v) is 6.55. The van der Waals surface area contributed by atoms with Crippen LogP contribution in [-0.2, 0) is 25.7 Å². The Bertz CT molecular complexity index is 792. The molecule has 0 radical (unpaired) electrons. The highest BCUT2D eigenvalue weighted by atomic mass is 16.7. The van der Waals surface area contributed by atoms with Gasteiger partial charge in [0.25, 0.3) is 0 Å². The number of hydrogen-bond acceptors (Lipinski definition) is 10. The fourth-order valence-corrected chi connectivity index (χ4v) is 2.67. The molecule has 13 heteroatoms. The van der Waals surface area contributed by atoms with E-state index in [1.54, 1.807) is 0 Å². The first-order chi connectivity index (χ1) is 14.1. The molecule has 30 heavy (non-hydrogen) atoms. The number of nitrogens with two attached hydrogens (primary N) is 1. The Morgan fingerprint density at radius 2 is 1.87 bits per heavy atom. The molecule has 1 aromatic rings. The molecule has 1 amide bonds. The Morgan fingerprint density at radius 1 is 1.17 bits per heavy atom. The SMILES string of the molecule is BC(=O)OCc1ccc(OC2OC(C(=O)O)C(O)C(O)C2O)c(NC(=O)CCN)c1. The summed E-state index contributed by atoms with van der Waals surface area (Å²) in [6, 6.07) is 4.33. The van der Waals surface area contributed by atoms with Crippen LogP contribution < -0.4 is 15.8 Å². The smallest absolute Gasteiger partial charge is 0.335 e. The Hall–Kier alpha value is -2.71. The van der Waals surface area contributed by atoms with Gasteiger partial charge in [-0.25, -0.2) is 4.79 Å². The summed E-state index contributed by atoms with van der Waals surface area (Å²) in [6.07, 6.45) is -8.98. The molecule has 5 unspecified atom stereocenters.